The average molecular weight is 351 g/mol. The van der Waals surface area contributed by atoms with E-state index in [-0.39, 0.29) is 17.2 Å². The van der Waals surface area contributed by atoms with Crippen molar-refractivity contribution in [2.24, 2.45) is 0 Å². The van der Waals surface area contributed by atoms with Crippen molar-refractivity contribution in [2.45, 2.75) is 6.42 Å². The van der Waals surface area contributed by atoms with E-state index < -0.39 is 24.5 Å². The van der Waals surface area contributed by atoms with Gasteiger partial charge in [0.05, 0.1) is 19.2 Å². The van der Waals surface area contributed by atoms with Crippen molar-refractivity contribution >= 4 is 34.3 Å². The highest BCUT2D eigenvalue weighted by Crippen LogP contribution is 2.16. The SMILES string of the molecule is COC(=O)Cc1csc(NC(=O)COC(=O)c2cccc[n+]2[O-])n1. The van der Waals surface area contributed by atoms with E-state index in [0.29, 0.717) is 10.4 Å². The molecule has 0 aromatic carbocycles. The topological polar surface area (TPSA) is 122 Å². The first kappa shape index (κ1) is 17.3. The molecule has 0 saturated heterocycles. The van der Waals surface area contributed by atoms with Crippen molar-refractivity contribution in [3.63, 3.8) is 0 Å². The Morgan fingerprint density at radius 2 is 2.17 bits per heavy atom. The van der Waals surface area contributed by atoms with Gasteiger partial charge in [-0.05, 0) is 6.07 Å². The number of nitrogens with one attached hydrogen (secondary N) is 1. The molecule has 0 aliphatic carbocycles. The number of esters is 2. The van der Waals surface area contributed by atoms with Crippen molar-refractivity contribution in [3.8, 4) is 0 Å². The van der Waals surface area contributed by atoms with Crippen LogP contribution in [0.25, 0.3) is 0 Å². The summed E-state index contributed by atoms with van der Waals surface area (Å²) in [5, 5.41) is 15.7. The fourth-order valence-electron chi connectivity index (χ4n) is 1.61. The van der Waals surface area contributed by atoms with E-state index >= 15 is 0 Å². The smallest absolute Gasteiger partial charge is 0.405 e. The molecule has 0 atom stereocenters. The van der Waals surface area contributed by atoms with Crippen molar-refractivity contribution in [3.05, 3.63) is 46.4 Å². The average Bonchev–Trinajstić information content (AvgIpc) is 2.99. The highest BCUT2D eigenvalue weighted by atomic mass is 32.1. The lowest BCUT2D eigenvalue weighted by molar-refractivity contribution is -0.608. The standard InChI is InChI=1S/C14H13N3O6S/c1-22-12(19)6-9-8-24-14(15-9)16-11(18)7-23-13(20)10-4-2-3-5-17(10)21/h2-5,8H,6-7H2,1H3,(H,15,16,18). The van der Waals surface area contributed by atoms with Crippen LogP contribution >= 0.6 is 11.3 Å². The van der Waals surface area contributed by atoms with Gasteiger partial charge in [-0.3, -0.25) is 14.9 Å². The van der Waals surface area contributed by atoms with Crippen LogP contribution in [0, 0.1) is 5.21 Å². The van der Waals surface area contributed by atoms with E-state index in [4.69, 9.17) is 4.74 Å². The van der Waals surface area contributed by atoms with Crippen LogP contribution in [0.1, 0.15) is 16.2 Å². The van der Waals surface area contributed by atoms with E-state index in [1.165, 1.54) is 25.3 Å². The van der Waals surface area contributed by atoms with Gasteiger partial charge in [0, 0.05) is 17.5 Å². The van der Waals surface area contributed by atoms with Crippen LogP contribution in [0.2, 0.25) is 0 Å². The first-order valence-electron chi connectivity index (χ1n) is 6.66. The summed E-state index contributed by atoms with van der Waals surface area (Å²) in [6.07, 6.45) is 1.14. The van der Waals surface area contributed by atoms with E-state index in [0.717, 1.165) is 17.5 Å². The van der Waals surface area contributed by atoms with Crippen LogP contribution in [-0.2, 0) is 25.5 Å². The van der Waals surface area contributed by atoms with Gasteiger partial charge >= 0.3 is 17.6 Å². The number of carbonyl (C=O) groups excluding carboxylic acids is 3. The first-order valence-corrected chi connectivity index (χ1v) is 7.54. The summed E-state index contributed by atoms with van der Waals surface area (Å²) in [6.45, 7) is -0.570. The molecule has 2 aromatic heterocycles. The fourth-order valence-corrected chi connectivity index (χ4v) is 2.34. The Morgan fingerprint density at radius 3 is 2.88 bits per heavy atom. The molecule has 0 radical (unpaired) electrons. The number of pyridine rings is 1. The van der Waals surface area contributed by atoms with Gasteiger partial charge in [0.1, 0.15) is 0 Å². The number of anilines is 1. The van der Waals surface area contributed by atoms with E-state index in [1.54, 1.807) is 5.38 Å². The zero-order valence-electron chi connectivity index (χ0n) is 12.6. The van der Waals surface area contributed by atoms with Gasteiger partial charge in [-0.2, -0.15) is 4.73 Å². The predicted molar refractivity (Wildman–Crippen MR) is 82.1 cm³/mol. The van der Waals surface area contributed by atoms with Crippen molar-refractivity contribution in [1.82, 2.24) is 4.98 Å². The van der Waals surface area contributed by atoms with Gasteiger partial charge in [0.15, 0.2) is 17.9 Å². The van der Waals surface area contributed by atoms with Crippen LogP contribution < -0.4 is 10.0 Å². The second-order valence-electron chi connectivity index (χ2n) is 4.43. The molecule has 0 unspecified atom stereocenters. The second kappa shape index (κ2) is 8.02. The molecule has 1 N–H and O–H groups in total. The molecule has 10 heteroatoms. The van der Waals surface area contributed by atoms with Gasteiger partial charge in [-0.1, -0.05) is 0 Å². The molecule has 0 aliphatic rings. The number of nitrogens with zero attached hydrogens (tertiary/aromatic N) is 2. The molecular formula is C14H13N3O6S. The molecular weight excluding hydrogens is 338 g/mol. The molecule has 0 fully saturated rings. The summed E-state index contributed by atoms with van der Waals surface area (Å²) in [5.74, 6) is -1.97. The monoisotopic (exact) mass is 351 g/mol. The summed E-state index contributed by atoms with van der Waals surface area (Å²) in [5.41, 5.74) is 0.232. The Kier molecular flexibility index (Phi) is 5.79. The predicted octanol–water partition coefficient (Wildman–Crippen LogP) is 0.287. The first-order chi connectivity index (χ1) is 11.5. The second-order valence-corrected chi connectivity index (χ2v) is 5.29. The largest absolute Gasteiger partial charge is 0.618 e. The maximum Gasteiger partial charge on any atom is 0.405 e. The van der Waals surface area contributed by atoms with E-state index in [1.807, 2.05) is 0 Å². The molecule has 2 aromatic rings. The van der Waals surface area contributed by atoms with E-state index in [2.05, 4.69) is 15.0 Å². The minimum atomic E-state index is -0.911. The van der Waals surface area contributed by atoms with Crippen LogP contribution in [0.5, 0.6) is 0 Å². The Morgan fingerprint density at radius 1 is 1.38 bits per heavy atom. The van der Waals surface area contributed by atoms with E-state index in [9.17, 15) is 19.6 Å². The Bertz CT molecular complexity index is 760. The zero-order valence-corrected chi connectivity index (χ0v) is 13.4. The quantitative estimate of drug-likeness (QED) is 0.451. The minimum Gasteiger partial charge on any atom is -0.618 e. The molecule has 0 saturated carbocycles. The molecule has 2 heterocycles. The number of methoxy groups -OCH3 is 1. The van der Waals surface area contributed by atoms with Crippen LogP contribution in [0.3, 0.4) is 0 Å². The summed E-state index contributed by atoms with van der Waals surface area (Å²) in [6, 6.07) is 4.25. The lowest BCUT2D eigenvalue weighted by Gasteiger charge is -2.05. The van der Waals surface area contributed by atoms with Gasteiger partial charge in [-0.15, -0.1) is 11.3 Å². The molecule has 0 spiro atoms. The van der Waals surface area contributed by atoms with Crippen LogP contribution in [0.15, 0.2) is 29.8 Å². The summed E-state index contributed by atoms with van der Waals surface area (Å²) >= 11 is 1.12. The number of aromatic nitrogens is 2. The summed E-state index contributed by atoms with van der Waals surface area (Å²) in [7, 11) is 1.27. The highest BCUT2D eigenvalue weighted by Gasteiger charge is 2.18. The highest BCUT2D eigenvalue weighted by molar-refractivity contribution is 7.13. The van der Waals surface area contributed by atoms with Crippen LogP contribution in [0.4, 0.5) is 5.13 Å². The molecule has 126 valence electrons. The Balaban J connectivity index is 1.84. The lowest BCUT2D eigenvalue weighted by Crippen LogP contribution is -2.35. The third kappa shape index (κ3) is 4.74. The Hall–Kier alpha value is -3.01. The molecule has 24 heavy (non-hydrogen) atoms. The number of hydrogen-bond acceptors (Lipinski definition) is 8. The van der Waals surface area contributed by atoms with Gasteiger partial charge < -0.3 is 14.7 Å². The van der Waals surface area contributed by atoms with Crippen LogP contribution in [-0.4, -0.2) is 36.5 Å². The van der Waals surface area contributed by atoms with Crippen molar-refractivity contribution in [2.75, 3.05) is 19.0 Å². The number of rotatable bonds is 6. The lowest BCUT2D eigenvalue weighted by atomic mass is 10.3. The fraction of sp³-hybridized carbons (Fsp3) is 0.214. The van der Waals surface area contributed by atoms with Crippen molar-refractivity contribution < 1.29 is 28.6 Å². The molecule has 0 aliphatic heterocycles. The third-order valence-corrected chi connectivity index (χ3v) is 3.53. The third-order valence-electron chi connectivity index (χ3n) is 2.72. The number of hydrogen-bond donors (Lipinski definition) is 1. The normalized spacial score (nSPS) is 10.0. The Labute approximate surface area is 140 Å². The molecule has 9 nitrogen and oxygen atoms in total. The van der Waals surface area contributed by atoms with Gasteiger partial charge in [0.25, 0.3) is 5.91 Å². The zero-order chi connectivity index (χ0) is 17.5. The molecule has 2 rings (SSSR count). The maximum atomic E-state index is 11.7. The van der Waals surface area contributed by atoms with Gasteiger partial charge in [-0.25, -0.2) is 9.78 Å². The molecule has 0 bridgehead atoms. The number of thiazole rings is 1. The number of amides is 1. The van der Waals surface area contributed by atoms with Gasteiger partial charge in [0.2, 0.25) is 0 Å². The number of ether oxygens (including phenoxy) is 2. The maximum absolute atomic E-state index is 11.7. The summed E-state index contributed by atoms with van der Waals surface area (Å²) < 4.78 is 9.62. The molecule has 1 amide bonds. The summed E-state index contributed by atoms with van der Waals surface area (Å²) in [4.78, 5) is 38.6. The van der Waals surface area contributed by atoms with Crippen molar-refractivity contribution in [1.29, 1.82) is 0 Å². The minimum absolute atomic E-state index is 0.00460. The number of carbonyl (C=O) groups is 3.